The molecule has 4 heteroatoms. The summed E-state index contributed by atoms with van der Waals surface area (Å²) >= 11 is 12.1. The molecule has 1 heterocycles. The average molecular weight is 384 g/mol. The maximum Gasteiger partial charge on any atom is 0.165 e. The van der Waals surface area contributed by atoms with E-state index in [0.717, 1.165) is 34.6 Å². The van der Waals surface area contributed by atoms with E-state index < -0.39 is 0 Å². The van der Waals surface area contributed by atoms with Gasteiger partial charge in [0.05, 0.1) is 5.69 Å². The first-order valence-electron chi connectivity index (χ1n) is 8.64. The van der Waals surface area contributed by atoms with Crippen LogP contribution in [0.4, 0.5) is 0 Å². The molecule has 1 aliphatic carbocycles. The Hall–Kier alpha value is -2.03. The molecule has 0 bridgehead atoms. The molecule has 0 atom stereocenters. The number of fused-ring (bicyclic) bond motifs is 1. The van der Waals surface area contributed by atoms with Crippen molar-refractivity contribution in [2.24, 2.45) is 5.41 Å². The van der Waals surface area contributed by atoms with Crippen LogP contribution >= 0.6 is 23.2 Å². The molecule has 0 saturated heterocycles. The standard InChI is InChI=1S/C22H19Cl2NO/c1-22(2)12-20-18(21(26)13-22)11-19(14-3-5-15(23)6-4-14)25(20)17-9-7-16(24)8-10-17/h3-11H,12-13H2,1-2H3. The van der Waals surface area contributed by atoms with E-state index in [2.05, 4.69) is 18.4 Å². The lowest BCUT2D eigenvalue weighted by Crippen LogP contribution is -2.27. The molecular weight excluding hydrogens is 365 g/mol. The Morgan fingerprint density at radius 3 is 2.08 bits per heavy atom. The van der Waals surface area contributed by atoms with Gasteiger partial charge in [0.15, 0.2) is 5.78 Å². The normalized spacial score (nSPS) is 15.8. The van der Waals surface area contributed by atoms with E-state index >= 15 is 0 Å². The van der Waals surface area contributed by atoms with Gasteiger partial charge in [0.2, 0.25) is 0 Å². The molecule has 2 aromatic carbocycles. The van der Waals surface area contributed by atoms with Gasteiger partial charge in [0.25, 0.3) is 0 Å². The maximum atomic E-state index is 12.8. The molecule has 132 valence electrons. The van der Waals surface area contributed by atoms with Gasteiger partial charge in [-0.25, -0.2) is 0 Å². The molecule has 2 nitrogen and oxygen atoms in total. The zero-order chi connectivity index (χ0) is 18.5. The molecule has 0 saturated carbocycles. The summed E-state index contributed by atoms with van der Waals surface area (Å²) in [7, 11) is 0. The molecular formula is C22H19Cl2NO. The summed E-state index contributed by atoms with van der Waals surface area (Å²) in [6.45, 7) is 4.30. The summed E-state index contributed by atoms with van der Waals surface area (Å²) in [6.07, 6.45) is 1.43. The van der Waals surface area contributed by atoms with Crippen LogP contribution in [0, 0.1) is 5.41 Å². The summed E-state index contributed by atoms with van der Waals surface area (Å²) in [5.41, 5.74) is 4.88. The predicted molar refractivity (Wildman–Crippen MR) is 108 cm³/mol. The van der Waals surface area contributed by atoms with E-state index in [1.807, 2.05) is 54.6 Å². The average Bonchev–Trinajstić information content (AvgIpc) is 2.94. The fourth-order valence-corrected chi connectivity index (χ4v) is 3.98. The van der Waals surface area contributed by atoms with Crippen LogP contribution in [0.15, 0.2) is 54.6 Å². The van der Waals surface area contributed by atoms with Crippen molar-refractivity contribution >= 4 is 29.0 Å². The molecule has 4 rings (SSSR count). The fraction of sp³-hybridized carbons (Fsp3) is 0.227. The third-order valence-corrected chi connectivity index (χ3v) is 5.42. The van der Waals surface area contributed by atoms with Crippen LogP contribution in [-0.2, 0) is 6.42 Å². The first-order chi connectivity index (χ1) is 12.3. The third-order valence-electron chi connectivity index (χ3n) is 4.91. The van der Waals surface area contributed by atoms with Gasteiger partial charge in [0.1, 0.15) is 0 Å². The van der Waals surface area contributed by atoms with E-state index in [4.69, 9.17) is 23.2 Å². The van der Waals surface area contributed by atoms with Crippen molar-refractivity contribution in [2.75, 3.05) is 0 Å². The molecule has 0 fully saturated rings. The Bertz CT molecular complexity index is 982. The minimum Gasteiger partial charge on any atom is -0.313 e. The molecule has 3 aromatic rings. The van der Waals surface area contributed by atoms with Crippen LogP contribution in [0.2, 0.25) is 10.0 Å². The Morgan fingerprint density at radius 1 is 0.885 bits per heavy atom. The molecule has 0 amide bonds. The highest BCUT2D eigenvalue weighted by molar-refractivity contribution is 6.30. The third kappa shape index (κ3) is 3.08. The molecule has 0 N–H and O–H groups in total. The highest BCUT2D eigenvalue weighted by atomic mass is 35.5. The highest BCUT2D eigenvalue weighted by Gasteiger charge is 2.34. The van der Waals surface area contributed by atoms with Gasteiger partial charge >= 0.3 is 0 Å². The topological polar surface area (TPSA) is 22.0 Å². The van der Waals surface area contributed by atoms with Gasteiger partial charge in [-0.15, -0.1) is 0 Å². The van der Waals surface area contributed by atoms with E-state index in [0.29, 0.717) is 16.5 Å². The Labute approximate surface area is 163 Å². The molecule has 0 aliphatic heterocycles. The molecule has 1 aromatic heterocycles. The number of rotatable bonds is 2. The minimum absolute atomic E-state index is 0.0517. The predicted octanol–water partition coefficient (Wildman–Crippen LogP) is 6.61. The molecule has 26 heavy (non-hydrogen) atoms. The van der Waals surface area contributed by atoms with Crippen molar-refractivity contribution in [1.82, 2.24) is 4.57 Å². The van der Waals surface area contributed by atoms with Gasteiger partial charge < -0.3 is 4.57 Å². The number of hydrogen-bond acceptors (Lipinski definition) is 1. The van der Waals surface area contributed by atoms with Crippen molar-refractivity contribution < 1.29 is 4.79 Å². The fourth-order valence-electron chi connectivity index (χ4n) is 3.73. The van der Waals surface area contributed by atoms with Crippen molar-refractivity contribution in [2.45, 2.75) is 26.7 Å². The van der Waals surface area contributed by atoms with Gasteiger partial charge in [-0.2, -0.15) is 0 Å². The van der Waals surface area contributed by atoms with Crippen molar-refractivity contribution in [3.05, 3.63) is 75.9 Å². The van der Waals surface area contributed by atoms with Crippen LogP contribution in [0.3, 0.4) is 0 Å². The lowest BCUT2D eigenvalue weighted by molar-refractivity contribution is 0.0911. The SMILES string of the molecule is CC1(C)CC(=O)c2cc(-c3ccc(Cl)cc3)n(-c3ccc(Cl)cc3)c2C1. The van der Waals surface area contributed by atoms with E-state index in [-0.39, 0.29) is 11.2 Å². The zero-order valence-electron chi connectivity index (χ0n) is 14.7. The molecule has 0 radical (unpaired) electrons. The second-order valence-electron chi connectivity index (χ2n) is 7.65. The van der Waals surface area contributed by atoms with E-state index in [9.17, 15) is 4.79 Å². The van der Waals surface area contributed by atoms with Crippen molar-refractivity contribution in [3.63, 3.8) is 0 Å². The van der Waals surface area contributed by atoms with Crippen LogP contribution in [0.1, 0.15) is 36.3 Å². The van der Waals surface area contributed by atoms with Gasteiger partial charge in [-0.05, 0) is 59.9 Å². The van der Waals surface area contributed by atoms with Crippen molar-refractivity contribution in [1.29, 1.82) is 0 Å². The maximum absolute atomic E-state index is 12.8. The monoisotopic (exact) mass is 383 g/mol. The number of carbonyl (C=O) groups is 1. The number of aromatic nitrogens is 1. The summed E-state index contributed by atoms with van der Waals surface area (Å²) in [4.78, 5) is 12.8. The largest absolute Gasteiger partial charge is 0.313 e. The number of benzene rings is 2. The highest BCUT2D eigenvalue weighted by Crippen LogP contribution is 2.40. The Kier molecular flexibility index (Phi) is 4.21. The first-order valence-corrected chi connectivity index (χ1v) is 9.39. The number of hydrogen-bond donors (Lipinski definition) is 0. The summed E-state index contributed by atoms with van der Waals surface area (Å²) in [5.74, 6) is 0.208. The minimum atomic E-state index is -0.0517. The number of carbonyl (C=O) groups excluding carboxylic acids is 1. The van der Waals surface area contributed by atoms with Gasteiger partial charge in [0, 0.05) is 33.4 Å². The zero-order valence-corrected chi connectivity index (χ0v) is 16.2. The molecule has 0 spiro atoms. The smallest absolute Gasteiger partial charge is 0.165 e. The van der Waals surface area contributed by atoms with Crippen molar-refractivity contribution in [3.8, 4) is 16.9 Å². The number of halogens is 2. The lowest BCUT2D eigenvalue weighted by Gasteiger charge is -2.30. The summed E-state index contributed by atoms with van der Waals surface area (Å²) < 4.78 is 2.19. The number of ketones is 1. The Morgan fingerprint density at radius 2 is 1.46 bits per heavy atom. The van der Waals surface area contributed by atoms with Crippen LogP contribution in [0.25, 0.3) is 16.9 Å². The molecule has 1 aliphatic rings. The lowest BCUT2D eigenvalue weighted by atomic mass is 9.76. The summed E-state index contributed by atoms with van der Waals surface area (Å²) in [5, 5.41) is 1.39. The van der Waals surface area contributed by atoms with Gasteiger partial charge in [-0.3, -0.25) is 4.79 Å². The van der Waals surface area contributed by atoms with E-state index in [1.165, 1.54) is 0 Å². The molecule has 0 unspecified atom stereocenters. The van der Waals surface area contributed by atoms with Crippen LogP contribution in [-0.4, -0.2) is 10.4 Å². The first kappa shape index (κ1) is 17.4. The second-order valence-corrected chi connectivity index (χ2v) is 8.52. The van der Waals surface area contributed by atoms with Gasteiger partial charge in [-0.1, -0.05) is 49.2 Å². The van der Waals surface area contributed by atoms with E-state index in [1.54, 1.807) is 0 Å². The summed E-state index contributed by atoms with van der Waals surface area (Å²) in [6, 6.07) is 17.5. The van der Waals surface area contributed by atoms with Crippen LogP contribution in [0.5, 0.6) is 0 Å². The second kappa shape index (κ2) is 6.29. The number of Topliss-reactive ketones (excluding diaryl/α,β-unsaturated/α-hetero) is 1. The Balaban J connectivity index is 1.98. The number of nitrogens with zero attached hydrogens (tertiary/aromatic N) is 1. The van der Waals surface area contributed by atoms with Crippen LogP contribution < -0.4 is 0 Å². The quantitative estimate of drug-likeness (QED) is 0.488.